The summed E-state index contributed by atoms with van der Waals surface area (Å²) in [7, 11) is 1.84. The number of aliphatic carboxylic acids is 1. The van der Waals surface area contributed by atoms with Crippen molar-refractivity contribution in [3.63, 3.8) is 0 Å². The zero-order valence-corrected chi connectivity index (χ0v) is 12.4. The lowest BCUT2D eigenvalue weighted by Crippen LogP contribution is -2.35. The quantitative estimate of drug-likeness (QED) is 0.760. The van der Waals surface area contributed by atoms with Crippen molar-refractivity contribution < 1.29 is 9.90 Å². The first-order valence-corrected chi connectivity index (χ1v) is 6.52. The molecule has 0 bridgehead atoms. The van der Waals surface area contributed by atoms with E-state index in [2.05, 4.69) is 39.1 Å². The number of aryl methyl sites for hydroxylation is 2. The summed E-state index contributed by atoms with van der Waals surface area (Å²) in [6, 6.07) is 1.28. The van der Waals surface area contributed by atoms with Gasteiger partial charge in [0, 0.05) is 6.04 Å². The first-order chi connectivity index (χ1) is 8.79. The molecule has 4 N–H and O–H groups in total. The molecule has 0 aliphatic rings. The van der Waals surface area contributed by atoms with Gasteiger partial charge >= 0.3 is 5.97 Å². The smallest absolute Gasteiger partial charge is 0.320 e. The van der Waals surface area contributed by atoms with Gasteiger partial charge in [0.15, 0.2) is 0 Å². The maximum absolute atomic E-state index is 10.9. The SMILES string of the molecule is CNC(CC(N)C(=O)O)c1c(C)c(C)cc(C)c1C. The summed E-state index contributed by atoms with van der Waals surface area (Å²) in [6.45, 7) is 8.31. The predicted molar refractivity (Wildman–Crippen MR) is 77.4 cm³/mol. The van der Waals surface area contributed by atoms with Gasteiger partial charge in [-0.3, -0.25) is 4.79 Å². The maximum Gasteiger partial charge on any atom is 0.320 e. The lowest BCUT2D eigenvalue weighted by atomic mass is 9.87. The van der Waals surface area contributed by atoms with E-state index in [0.29, 0.717) is 6.42 Å². The zero-order chi connectivity index (χ0) is 14.7. The van der Waals surface area contributed by atoms with Gasteiger partial charge in [0.05, 0.1) is 0 Å². The van der Waals surface area contributed by atoms with E-state index in [1.54, 1.807) is 0 Å². The van der Waals surface area contributed by atoms with Crippen LogP contribution in [0.25, 0.3) is 0 Å². The molecule has 19 heavy (non-hydrogen) atoms. The molecule has 0 spiro atoms. The van der Waals surface area contributed by atoms with E-state index >= 15 is 0 Å². The summed E-state index contributed by atoms with van der Waals surface area (Å²) < 4.78 is 0. The van der Waals surface area contributed by atoms with Crippen LogP contribution in [0.15, 0.2) is 6.07 Å². The molecule has 0 aliphatic heterocycles. The molecular weight excluding hydrogens is 240 g/mol. The Morgan fingerprint density at radius 2 is 1.74 bits per heavy atom. The van der Waals surface area contributed by atoms with Crippen LogP contribution in [0.5, 0.6) is 0 Å². The van der Waals surface area contributed by atoms with Gasteiger partial charge in [-0.25, -0.2) is 0 Å². The second-order valence-corrected chi connectivity index (χ2v) is 5.20. The maximum atomic E-state index is 10.9. The lowest BCUT2D eigenvalue weighted by molar-refractivity contribution is -0.138. The number of carboxylic acid groups (broad SMARTS) is 1. The standard InChI is InChI=1S/C15H24N2O2/c1-8-6-9(2)11(4)14(10(8)3)13(17-5)7-12(16)15(18)19/h6,12-13,17H,7,16H2,1-5H3,(H,18,19). The third-order valence-corrected chi connectivity index (χ3v) is 3.93. The Morgan fingerprint density at radius 1 is 1.26 bits per heavy atom. The molecule has 106 valence electrons. The molecule has 0 amide bonds. The van der Waals surface area contributed by atoms with Gasteiger partial charge < -0.3 is 16.2 Å². The number of carbonyl (C=O) groups is 1. The van der Waals surface area contributed by atoms with E-state index in [4.69, 9.17) is 10.8 Å². The molecule has 0 aliphatic carbocycles. The Morgan fingerprint density at radius 3 is 2.11 bits per heavy atom. The van der Waals surface area contributed by atoms with Crippen molar-refractivity contribution in [2.75, 3.05) is 7.05 Å². The molecule has 0 aromatic heterocycles. The Bertz CT molecular complexity index is 457. The van der Waals surface area contributed by atoms with Gasteiger partial charge in [-0.05, 0) is 69.0 Å². The summed E-state index contributed by atoms with van der Waals surface area (Å²) in [6.07, 6.45) is 0.385. The highest BCUT2D eigenvalue weighted by atomic mass is 16.4. The van der Waals surface area contributed by atoms with Crippen LogP contribution >= 0.6 is 0 Å². The topological polar surface area (TPSA) is 75.3 Å². The molecule has 4 heteroatoms. The third kappa shape index (κ3) is 3.33. The number of hydrogen-bond donors (Lipinski definition) is 3. The number of rotatable bonds is 5. The molecule has 0 radical (unpaired) electrons. The molecule has 0 saturated heterocycles. The summed E-state index contributed by atoms with van der Waals surface area (Å²) in [5.41, 5.74) is 11.7. The first kappa shape index (κ1) is 15.7. The molecular formula is C15H24N2O2. The van der Waals surface area contributed by atoms with E-state index in [9.17, 15) is 4.79 Å². The van der Waals surface area contributed by atoms with Gasteiger partial charge in [0.1, 0.15) is 6.04 Å². The minimum Gasteiger partial charge on any atom is -0.480 e. The number of hydrogen-bond acceptors (Lipinski definition) is 3. The van der Waals surface area contributed by atoms with Crippen LogP contribution in [0, 0.1) is 27.7 Å². The molecule has 1 aromatic carbocycles. The minimum absolute atomic E-state index is 0.0373. The number of nitrogens with one attached hydrogen (secondary N) is 1. The van der Waals surface area contributed by atoms with E-state index in [1.807, 2.05) is 7.05 Å². The molecule has 1 rings (SSSR count). The van der Waals surface area contributed by atoms with Gasteiger partial charge in [-0.1, -0.05) is 6.07 Å². The van der Waals surface area contributed by atoms with Gasteiger partial charge in [-0.15, -0.1) is 0 Å². The average molecular weight is 264 g/mol. The fourth-order valence-electron chi connectivity index (χ4n) is 2.50. The summed E-state index contributed by atoms with van der Waals surface area (Å²) in [4.78, 5) is 10.9. The summed E-state index contributed by atoms with van der Waals surface area (Å²) in [5, 5.41) is 12.2. The third-order valence-electron chi connectivity index (χ3n) is 3.93. The van der Waals surface area contributed by atoms with Gasteiger partial charge in [-0.2, -0.15) is 0 Å². The molecule has 0 heterocycles. The average Bonchev–Trinajstić information content (AvgIpc) is 2.35. The molecule has 2 unspecified atom stereocenters. The number of benzene rings is 1. The van der Waals surface area contributed by atoms with Gasteiger partial charge in [0.2, 0.25) is 0 Å². The van der Waals surface area contributed by atoms with E-state index in [-0.39, 0.29) is 6.04 Å². The largest absolute Gasteiger partial charge is 0.480 e. The minimum atomic E-state index is -0.958. The first-order valence-electron chi connectivity index (χ1n) is 6.52. The van der Waals surface area contributed by atoms with Crippen LogP contribution in [-0.4, -0.2) is 24.2 Å². The van der Waals surface area contributed by atoms with E-state index in [1.165, 1.54) is 27.8 Å². The highest BCUT2D eigenvalue weighted by molar-refractivity contribution is 5.73. The molecule has 4 nitrogen and oxygen atoms in total. The van der Waals surface area contributed by atoms with Crippen molar-refractivity contribution in [1.29, 1.82) is 0 Å². The Balaban J connectivity index is 3.22. The normalized spacial score (nSPS) is 14.2. The Labute approximate surface area is 115 Å². The van der Waals surface area contributed by atoms with E-state index in [0.717, 1.165) is 0 Å². The number of nitrogens with two attached hydrogens (primary N) is 1. The van der Waals surface area contributed by atoms with Crippen LogP contribution in [0.4, 0.5) is 0 Å². The molecule has 0 saturated carbocycles. The second-order valence-electron chi connectivity index (χ2n) is 5.20. The van der Waals surface area contributed by atoms with Crippen molar-refractivity contribution in [3.05, 3.63) is 33.9 Å². The van der Waals surface area contributed by atoms with Crippen LogP contribution in [0.3, 0.4) is 0 Å². The summed E-state index contributed by atoms with van der Waals surface area (Å²) >= 11 is 0. The van der Waals surface area contributed by atoms with E-state index < -0.39 is 12.0 Å². The van der Waals surface area contributed by atoms with Crippen molar-refractivity contribution >= 4 is 5.97 Å². The highest BCUT2D eigenvalue weighted by Crippen LogP contribution is 2.29. The number of carboxylic acids is 1. The van der Waals surface area contributed by atoms with Crippen molar-refractivity contribution in [1.82, 2.24) is 5.32 Å². The van der Waals surface area contributed by atoms with Crippen LogP contribution in [0.1, 0.15) is 40.3 Å². The fraction of sp³-hybridized carbons (Fsp3) is 0.533. The monoisotopic (exact) mass is 264 g/mol. The van der Waals surface area contributed by atoms with Crippen LogP contribution in [0.2, 0.25) is 0 Å². The Kier molecular flexibility index (Phi) is 5.09. The van der Waals surface area contributed by atoms with Crippen molar-refractivity contribution in [2.24, 2.45) is 5.73 Å². The van der Waals surface area contributed by atoms with Crippen LogP contribution < -0.4 is 11.1 Å². The van der Waals surface area contributed by atoms with Crippen molar-refractivity contribution in [2.45, 2.75) is 46.2 Å². The highest BCUT2D eigenvalue weighted by Gasteiger charge is 2.22. The lowest BCUT2D eigenvalue weighted by Gasteiger charge is -2.25. The summed E-state index contributed by atoms with van der Waals surface area (Å²) in [5.74, 6) is -0.958. The second kappa shape index (κ2) is 6.17. The molecule has 1 aromatic rings. The zero-order valence-electron chi connectivity index (χ0n) is 12.4. The van der Waals surface area contributed by atoms with Gasteiger partial charge in [0.25, 0.3) is 0 Å². The molecule has 0 fully saturated rings. The predicted octanol–water partition coefficient (Wildman–Crippen LogP) is 1.98. The molecule has 2 atom stereocenters. The fourth-order valence-corrected chi connectivity index (χ4v) is 2.50. The Hall–Kier alpha value is -1.39. The van der Waals surface area contributed by atoms with Crippen molar-refractivity contribution in [3.8, 4) is 0 Å². The van der Waals surface area contributed by atoms with Crippen LogP contribution in [-0.2, 0) is 4.79 Å².